The maximum Gasteiger partial charge on any atom is 0.220 e. The Morgan fingerprint density at radius 2 is 2.30 bits per heavy atom. The number of aryl methyl sites for hydroxylation is 1. The molecule has 7 heteroatoms. The maximum absolute atomic E-state index is 11.8. The molecule has 0 aliphatic carbocycles. The highest BCUT2D eigenvalue weighted by atomic mass is 16.5. The molecule has 7 nitrogen and oxygen atoms in total. The van der Waals surface area contributed by atoms with E-state index in [-0.39, 0.29) is 18.1 Å². The first-order valence-corrected chi connectivity index (χ1v) is 8.38. The van der Waals surface area contributed by atoms with Gasteiger partial charge in [-0.15, -0.1) is 10.2 Å². The van der Waals surface area contributed by atoms with Crippen molar-refractivity contribution in [2.45, 2.75) is 45.3 Å². The Kier molecular flexibility index (Phi) is 6.53. The molecule has 1 fully saturated rings. The number of hydrogen-bond donors (Lipinski definition) is 1. The molecule has 2 atom stereocenters. The standard InChI is InChI=1S/C16H29N5O2/c1-12(2)9-17-15(22)6-5-7-21-10-13(23-4)8-14(21)16-19-18-11-20(16)3/h11-14H,5-10H2,1-4H3,(H,17,22)/t13-,14+/m1/s1. The van der Waals surface area contributed by atoms with Crippen molar-refractivity contribution in [2.75, 3.05) is 26.7 Å². The van der Waals surface area contributed by atoms with Crippen LogP contribution in [0.15, 0.2) is 6.33 Å². The van der Waals surface area contributed by atoms with Crippen molar-refractivity contribution in [3.05, 3.63) is 12.2 Å². The van der Waals surface area contributed by atoms with Gasteiger partial charge in [0, 0.05) is 33.7 Å². The zero-order valence-corrected chi connectivity index (χ0v) is 14.7. The topological polar surface area (TPSA) is 72.3 Å². The summed E-state index contributed by atoms with van der Waals surface area (Å²) in [6.45, 7) is 6.69. The van der Waals surface area contributed by atoms with Gasteiger partial charge in [-0.2, -0.15) is 0 Å². The summed E-state index contributed by atoms with van der Waals surface area (Å²) in [4.78, 5) is 14.2. The quantitative estimate of drug-likeness (QED) is 0.776. The van der Waals surface area contributed by atoms with E-state index >= 15 is 0 Å². The molecule has 1 aliphatic heterocycles. The van der Waals surface area contributed by atoms with Crippen LogP contribution in [0.5, 0.6) is 0 Å². The lowest BCUT2D eigenvalue weighted by molar-refractivity contribution is -0.121. The van der Waals surface area contributed by atoms with E-state index in [1.165, 1.54) is 0 Å². The third-order valence-electron chi connectivity index (χ3n) is 4.30. The Labute approximate surface area is 138 Å². The fourth-order valence-corrected chi connectivity index (χ4v) is 2.99. The second-order valence-corrected chi connectivity index (χ2v) is 6.71. The molecule has 130 valence electrons. The minimum atomic E-state index is 0.136. The van der Waals surface area contributed by atoms with Crippen LogP contribution in [0, 0.1) is 5.92 Å². The number of carbonyl (C=O) groups is 1. The Morgan fingerprint density at radius 1 is 1.52 bits per heavy atom. The first kappa shape index (κ1) is 17.9. The molecule has 1 saturated heterocycles. The molecule has 0 radical (unpaired) electrons. The van der Waals surface area contributed by atoms with Crippen LogP contribution in [-0.2, 0) is 16.6 Å². The number of nitrogens with zero attached hydrogens (tertiary/aromatic N) is 4. The molecule has 0 saturated carbocycles. The second-order valence-electron chi connectivity index (χ2n) is 6.71. The maximum atomic E-state index is 11.8. The van der Waals surface area contributed by atoms with Crippen molar-refractivity contribution < 1.29 is 9.53 Å². The summed E-state index contributed by atoms with van der Waals surface area (Å²) < 4.78 is 7.49. The third-order valence-corrected chi connectivity index (χ3v) is 4.30. The molecule has 1 amide bonds. The van der Waals surface area contributed by atoms with Gasteiger partial charge in [-0.25, -0.2) is 0 Å². The fraction of sp³-hybridized carbons (Fsp3) is 0.812. The van der Waals surface area contributed by atoms with E-state index < -0.39 is 0 Å². The molecule has 23 heavy (non-hydrogen) atoms. The monoisotopic (exact) mass is 323 g/mol. The van der Waals surface area contributed by atoms with Crippen LogP contribution in [0.3, 0.4) is 0 Å². The third kappa shape index (κ3) is 5.00. The van der Waals surface area contributed by atoms with Gasteiger partial charge in [0.25, 0.3) is 0 Å². The Balaban J connectivity index is 1.84. The fourth-order valence-electron chi connectivity index (χ4n) is 2.99. The normalized spacial score (nSPS) is 22.0. The average molecular weight is 323 g/mol. The molecule has 1 aliphatic rings. The summed E-state index contributed by atoms with van der Waals surface area (Å²) in [5.41, 5.74) is 0. The van der Waals surface area contributed by atoms with Crippen LogP contribution in [0.4, 0.5) is 0 Å². The Morgan fingerprint density at radius 3 is 2.91 bits per heavy atom. The van der Waals surface area contributed by atoms with Crippen molar-refractivity contribution in [1.29, 1.82) is 0 Å². The summed E-state index contributed by atoms with van der Waals surface area (Å²) in [5, 5.41) is 11.2. The number of nitrogens with one attached hydrogen (secondary N) is 1. The number of ether oxygens (including phenoxy) is 1. The summed E-state index contributed by atoms with van der Waals surface area (Å²) in [6, 6.07) is 0.214. The number of amides is 1. The smallest absolute Gasteiger partial charge is 0.220 e. The van der Waals surface area contributed by atoms with Crippen LogP contribution in [0.25, 0.3) is 0 Å². The number of methoxy groups -OCH3 is 1. The number of carbonyl (C=O) groups excluding carboxylic acids is 1. The molecule has 1 aromatic rings. The molecular weight excluding hydrogens is 294 g/mol. The van der Waals surface area contributed by atoms with E-state index in [9.17, 15) is 4.79 Å². The molecule has 0 spiro atoms. The first-order valence-electron chi connectivity index (χ1n) is 8.38. The van der Waals surface area contributed by atoms with Crippen LogP contribution < -0.4 is 5.32 Å². The lowest BCUT2D eigenvalue weighted by Gasteiger charge is -2.23. The number of hydrogen-bond acceptors (Lipinski definition) is 5. The van der Waals surface area contributed by atoms with Gasteiger partial charge in [-0.1, -0.05) is 13.8 Å². The van der Waals surface area contributed by atoms with Gasteiger partial charge in [-0.3, -0.25) is 9.69 Å². The van der Waals surface area contributed by atoms with Crippen LogP contribution in [-0.4, -0.2) is 58.4 Å². The van der Waals surface area contributed by atoms with E-state index in [0.29, 0.717) is 12.3 Å². The Bertz CT molecular complexity index is 502. The summed E-state index contributed by atoms with van der Waals surface area (Å²) in [5.74, 6) is 1.59. The minimum absolute atomic E-state index is 0.136. The predicted octanol–water partition coefficient (Wildman–Crippen LogP) is 1.13. The lowest BCUT2D eigenvalue weighted by atomic mass is 10.1. The molecule has 2 heterocycles. The van der Waals surface area contributed by atoms with Gasteiger partial charge in [0.2, 0.25) is 5.91 Å². The molecule has 2 rings (SSSR count). The average Bonchev–Trinajstić information content (AvgIpc) is 3.11. The van der Waals surface area contributed by atoms with Gasteiger partial charge in [0.05, 0.1) is 12.1 Å². The molecule has 0 bridgehead atoms. The zero-order chi connectivity index (χ0) is 16.8. The van der Waals surface area contributed by atoms with Crippen molar-refractivity contribution >= 4 is 5.91 Å². The molecule has 0 unspecified atom stereocenters. The van der Waals surface area contributed by atoms with Crippen LogP contribution in [0.2, 0.25) is 0 Å². The Hall–Kier alpha value is -1.47. The summed E-state index contributed by atoms with van der Waals surface area (Å²) >= 11 is 0. The van der Waals surface area contributed by atoms with E-state index in [1.54, 1.807) is 13.4 Å². The minimum Gasteiger partial charge on any atom is -0.380 e. The summed E-state index contributed by atoms with van der Waals surface area (Å²) in [7, 11) is 3.72. The van der Waals surface area contributed by atoms with Gasteiger partial charge < -0.3 is 14.6 Å². The number of aromatic nitrogens is 3. The lowest BCUT2D eigenvalue weighted by Crippen LogP contribution is -2.30. The van der Waals surface area contributed by atoms with Crippen molar-refractivity contribution in [1.82, 2.24) is 25.0 Å². The SMILES string of the molecule is CO[C@@H]1C[C@@H](c2nncn2C)N(CCCC(=O)NCC(C)C)C1. The van der Waals surface area contributed by atoms with Crippen LogP contribution in [0.1, 0.15) is 45.0 Å². The largest absolute Gasteiger partial charge is 0.380 e. The van der Waals surface area contributed by atoms with E-state index in [4.69, 9.17) is 4.74 Å². The van der Waals surface area contributed by atoms with Gasteiger partial charge in [-0.05, 0) is 25.3 Å². The highest BCUT2D eigenvalue weighted by molar-refractivity contribution is 5.75. The molecule has 1 aromatic heterocycles. The van der Waals surface area contributed by atoms with Crippen molar-refractivity contribution in [3.63, 3.8) is 0 Å². The van der Waals surface area contributed by atoms with E-state index in [0.717, 1.165) is 38.3 Å². The van der Waals surface area contributed by atoms with Gasteiger partial charge in [0.15, 0.2) is 0 Å². The van der Waals surface area contributed by atoms with E-state index in [1.807, 2.05) is 11.6 Å². The van der Waals surface area contributed by atoms with Gasteiger partial charge >= 0.3 is 0 Å². The number of likely N-dealkylation sites (tertiary alicyclic amines) is 1. The molecule has 0 aromatic carbocycles. The molecular formula is C16H29N5O2. The second kappa shape index (κ2) is 8.40. The van der Waals surface area contributed by atoms with E-state index in [2.05, 4.69) is 34.3 Å². The predicted molar refractivity (Wildman–Crippen MR) is 87.8 cm³/mol. The zero-order valence-electron chi connectivity index (χ0n) is 14.7. The highest BCUT2D eigenvalue weighted by Gasteiger charge is 2.35. The van der Waals surface area contributed by atoms with Crippen LogP contribution >= 0.6 is 0 Å². The van der Waals surface area contributed by atoms with Gasteiger partial charge in [0.1, 0.15) is 12.2 Å². The molecule has 1 N–H and O–H groups in total. The highest BCUT2D eigenvalue weighted by Crippen LogP contribution is 2.31. The summed E-state index contributed by atoms with van der Waals surface area (Å²) in [6.07, 6.45) is 4.27. The first-order chi connectivity index (χ1) is 11.0. The number of rotatable bonds is 8. The van der Waals surface area contributed by atoms with Crippen molar-refractivity contribution in [2.24, 2.45) is 13.0 Å². The van der Waals surface area contributed by atoms with Crippen molar-refractivity contribution in [3.8, 4) is 0 Å².